The van der Waals surface area contributed by atoms with Crippen LogP contribution in [0.3, 0.4) is 0 Å². The molecule has 0 aromatic heterocycles. The number of ether oxygens (including phenoxy) is 1. The number of imide groups is 1. The first kappa shape index (κ1) is 14.7. The van der Waals surface area contributed by atoms with Crippen LogP contribution in [-0.4, -0.2) is 34.8 Å². The van der Waals surface area contributed by atoms with Gasteiger partial charge in [-0.15, -0.1) is 0 Å². The van der Waals surface area contributed by atoms with E-state index in [1.807, 2.05) is 6.92 Å². The average molecular weight is 286 g/mol. The van der Waals surface area contributed by atoms with Crippen LogP contribution in [-0.2, 0) is 9.53 Å². The molecule has 0 saturated heterocycles. The zero-order valence-electron chi connectivity index (χ0n) is 11.9. The van der Waals surface area contributed by atoms with Gasteiger partial charge < -0.3 is 4.74 Å². The molecular formula is C15H14N2O4. The van der Waals surface area contributed by atoms with Crippen molar-refractivity contribution >= 4 is 17.8 Å². The highest BCUT2D eigenvalue weighted by molar-refractivity contribution is 6.22. The Bertz CT molecular complexity index is 675. The lowest BCUT2D eigenvalue weighted by molar-refractivity contribution is -0.150. The number of rotatable bonds is 3. The van der Waals surface area contributed by atoms with Crippen molar-refractivity contribution in [3.8, 4) is 6.07 Å². The van der Waals surface area contributed by atoms with Gasteiger partial charge >= 0.3 is 5.97 Å². The van der Waals surface area contributed by atoms with Crippen LogP contribution in [0.5, 0.6) is 0 Å². The van der Waals surface area contributed by atoms with Gasteiger partial charge in [0.2, 0.25) is 0 Å². The van der Waals surface area contributed by atoms with Gasteiger partial charge in [0, 0.05) is 0 Å². The van der Waals surface area contributed by atoms with Gasteiger partial charge in [0.1, 0.15) is 12.1 Å². The molecule has 0 unspecified atom stereocenters. The Labute approximate surface area is 121 Å². The minimum absolute atomic E-state index is 0.276. The fourth-order valence-corrected chi connectivity index (χ4v) is 2.13. The number of carbonyl (C=O) groups excluding carboxylic acids is 3. The number of esters is 1. The monoisotopic (exact) mass is 286 g/mol. The first-order chi connectivity index (χ1) is 9.86. The van der Waals surface area contributed by atoms with Gasteiger partial charge in [-0.3, -0.25) is 14.5 Å². The molecule has 0 radical (unpaired) electrons. The Balaban J connectivity index is 2.27. The Morgan fingerprint density at radius 1 is 1.24 bits per heavy atom. The quantitative estimate of drug-likeness (QED) is 0.619. The molecule has 1 aliphatic heterocycles. The molecule has 1 aliphatic rings. The zero-order valence-corrected chi connectivity index (χ0v) is 11.9. The van der Waals surface area contributed by atoms with Crippen molar-refractivity contribution in [2.24, 2.45) is 0 Å². The first-order valence-electron chi connectivity index (χ1n) is 6.45. The van der Waals surface area contributed by atoms with Crippen LogP contribution in [0.2, 0.25) is 0 Å². The lowest BCUT2D eigenvalue weighted by Gasteiger charge is -2.21. The lowest BCUT2D eigenvalue weighted by atomic mass is 10.1. The van der Waals surface area contributed by atoms with Gasteiger partial charge in [-0.2, -0.15) is 5.26 Å². The van der Waals surface area contributed by atoms with E-state index in [0.717, 1.165) is 10.5 Å². The number of nitrogens with zero attached hydrogens (tertiary/aromatic N) is 2. The van der Waals surface area contributed by atoms with E-state index in [0.29, 0.717) is 0 Å². The summed E-state index contributed by atoms with van der Waals surface area (Å²) in [7, 11) is 0. The molecule has 108 valence electrons. The number of aryl methyl sites for hydroxylation is 1. The van der Waals surface area contributed by atoms with E-state index in [1.54, 1.807) is 24.3 Å². The Morgan fingerprint density at radius 2 is 1.86 bits per heavy atom. The molecule has 0 spiro atoms. The third kappa shape index (κ3) is 2.50. The summed E-state index contributed by atoms with van der Waals surface area (Å²) in [6.45, 7) is 4.63. The van der Waals surface area contributed by atoms with E-state index in [2.05, 4.69) is 0 Å². The number of carbonyl (C=O) groups is 3. The number of nitriles is 1. The Morgan fingerprint density at radius 3 is 2.48 bits per heavy atom. The minimum Gasteiger partial charge on any atom is -0.446 e. The summed E-state index contributed by atoms with van der Waals surface area (Å²) >= 11 is 0. The van der Waals surface area contributed by atoms with Crippen molar-refractivity contribution in [3.63, 3.8) is 0 Å². The predicted octanol–water partition coefficient (Wildman–Crippen LogP) is 1.43. The molecule has 0 N–H and O–H groups in total. The smallest absolute Gasteiger partial charge is 0.330 e. The number of amides is 2. The van der Waals surface area contributed by atoms with Gasteiger partial charge in [0.05, 0.1) is 11.1 Å². The standard InChI is InChI=1S/C15H14N2O4/c1-8-4-5-11-12(6-8)14(19)17(13(11)18)10(3)15(20)21-9(2)7-16/h4-6,9-10H,1-3H3/t9-,10-/m1/s1. The number of benzene rings is 1. The van der Waals surface area contributed by atoms with Crippen molar-refractivity contribution in [1.29, 1.82) is 5.26 Å². The molecule has 1 heterocycles. The second-order valence-electron chi connectivity index (χ2n) is 4.91. The summed E-state index contributed by atoms with van der Waals surface area (Å²) in [5.41, 5.74) is 1.41. The molecule has 6 nitrogen and oxygen atoms in total. The maximum atomic E-state index is 12.3. The van der Waals surface area contributed by atoms with Gasteiger partial charge in [-0.1, -0.05) is 11.6 Å². The van der Waals surface area contributed by atoms with Crippen molar-refractivity contribution in [2.45, 2.75) is 32.9 Å². The van der Waals surface area contributed by atoms with Gasteiger partial charge in [0.25, 0.3) is 11.8 Å². The van der Waals surface area contributed by atoms with E-state index in [9.17, 15) is 14.4 Å². The largest absolute Gasteiger partial charge is 0.446 e. The van der Waals surface area contributed by atoms with E-state index in [4.69, 9.17) is 10.00 Å². The highest BCUT2D eigenvalue weighted by Gasteiger charge is 2.41. The molecular weight excluding hydrogens is 272 g/mol. The van der Waals surface area contributed by atoms with Crippen LogP contribution in [0.4, 0.5) is 0 Å². The van der Waals surface area contributed by atoms with Crippen molar-refractivity contribution < 1.29 is 19.1 Å². The Hall–Kier alpha value is -2.68. The third-order valence-electron chi connectivity index (χ3n) is 3.28. The summed E-state index contributed by atoms with van der Waals surface area (Å²) in [6.07, 6.45) is -0.933. The molecule has 2 amide bonds. The minimum atomic E-state index is -1.08. The van der Waals surface area contributed by atoms with E-state index < -0.39 is 29.9 Å². The number of hydrogen-bond donors (Lipinski definition) is 0. The average Bonchev–Trinajstić information content (AvgIpc) is 2.69. The topological polar surface area (TPSA) is 87.5 Å². The van der Waals surface area contributed by atoms with Crippen LogP contribution in [0, 0.1) is 18.3 Å². The van der Waals surface area contributed by atoms with Crippen LogP contribution in [0.25, 0.3) is 0 Å². The normalized spacial score (nSPS) is 16.2. The van der Waals surface area contributed by atoms with Gasteiger partial charge in [-0.25, -0.2) is 4.79 Å². The highest BCUT2D eigenvalue weighted by Crippen LogP contribution is 2.26. The molecule has 2 atom stereocenters. The van der Waals surface area contributed by atoms with Crippen LogP contribution in [0.1, 0.15) is 40.1 Å². The molecule has 0 saturated carbocycles. The summed E-state index contributed by atoms with van der Waals surface area (Å²) < 4.78 is 4.85. The molecule has 2 rings (SSSR count). The van der Waals surface area contributed by atoms with Crippen LogP contribution < -0.4 is 0 Å². The van der Waals surface area contributed by atoms with Crippen molar-refractivity contribution in [2.75, 3.05) is 0 Å². The molecule has 6 heteroatoms. The molecule has 1 aromatic carbocycles. The van der Waals surface area contributed by atoms with Crippen molar-refractivity contribution in [1.82, 2.24) is 4.90 Å². The van der Waals surface area contributed by atoms with E-state index in [1.165, 1.54) is 13.8 Å². The summed E-state index contributed by atoms with van der Waals surface area (Å²) in [4.78, 5) is 37.3. The second kappa shape index (κ2) is 5.37. The van der Waals surface area contributed by atoms with E-state index >= 15 is 0 Å². The first-order valence-corrected chi connectivity index (χ1v) is 6.45. The van der Waals surface area contributed by atoms with Crippen LogP contribution in [0.15, 0.2) is 18.2 Å². The molecule has 1 aromatic rings. The fraction of sp³-hybridized carbons (Fsp3) is 0.333. The summed E-state index contributed by atoms with van der Waals surface area (Å²) in [5.74, 6) is -1.83. The predicted molar refractivity (Wildman–Crippen MR) is 72.3 cm³/mol. The lowest BCUT2D eigenvalue weighted by Crippen LogP contribution is -2.44. The molecule has 0 bridgehead atoms. The summed E-state index contributed by atoms with van der Waals surface area (Å²) in [5, 5.41) is 8.63. The third-order valence-corrected chi connectivity index (χ3v) is 3.28. The SMILES string of the molecule is Cc1ccc2c(c1)C(=O)N([C@H](C)C(=O)O[C@H](C)C#N)C2=O. The maximum Gasteiger partial charge on any atom is 0.330 e. The zero-order chi connectivity index (χ0) is 15.7. The summed E-state index contributed by atoms with van der Waals surface area (Å²) in [6, 6.07) is 5.60. The second-order valence-corrected chi connectivity index (χ2v) is 4.91. The molecule has 0 aliphatic carbocycles. The molecule has 21 heavy (non-hydrogen) atoms. The molecule has 0 fully saturated rings. The Kier molecular flexibility index (Phi) is 3.76. The maximum absolute atomic E-state index is 12.3. The van der Waals surface area contributed by atoms with E-state index in [-0.39, 0.29) is 11.1 Å². The van der Waals surface area contributed by atoms with Crippen molar-refractivity contribution in [3.05, 3.63) is 34.9 Å². The van der Waals surface area contributed by atoms with Gasteiger partial charge in [0.15, 0.2) is 6.10 Å². The number of fused-ring (bicyclic) bond motifs is 1. The van der Waals surface area contributed by atoms with Gasteiger partial charge in [-0.05, 0) is 32.9 Å². The number of hydrogen-bond acceptors (Lipinski definition) is 5. The fourth-order valence-electron chi connectivity index (χ4n) is 2.13. The van der Waals surface area contributed by atoms with Crippen LogP contribution >= 0.6 is 0 Å². The highest BCUT2D eigenvalue weighted by atomic mass is 16.5.